The number of nitrogens with one attached hydrogen (secondary N) is 1. The van der Waals surface area contributed by atoms with Crippen LogP contribution in [0, 0.1) is 0 Å². The first-order valence-electron chi connectivity index (χ1n) is 11.1. The molecule has 0 saturated carbocycles. The van der Waals surface area contributed by atoms with Crippen molar-refractivity contribution in [1.29, 1.82) is 0 Å². The summed E-state index contributed by atoms with van der Waals surface area (Å²) in [5, 5.41) is 7.17. The number of amides is 1. The van der Waals surface area contributed by atoms with Gasteiger partial charge in [0.15, 0.2) is 5.82 Å². The summed E-state index contributed by atoms with van der Waals surface area (Å²) in [5.41, 5.74) is 2.29. The van der Waals surface area contributed by atoms with Crippen molar-refractivity contribution in [2.24, 2.45) is 0 Å². The van der Waals surface area contributed by atoms with E-state index in [2.05, 4.69) is 32.4 Å². The van der Waals surface area contributed by atoms with E-state index in [1.165, 1.54) is 22.6 Å². The Bertz CT molecular complexity index is 1120. The van der Waals surface area contributed by atoms with Crippen LogP contribution in [0.5, 0.6) is 0 Å². The van der Waals surface area contributed by atoms with Gasteiger partial charge in [0.05, 0.1) is 23.0 Å². The minimum Gasteiger partial charge on any atom is -0.370 e. The lowest BCUT2D eigenvalue weighted by molar-refractivity contribution is -0.137. The quantitative estimate of drug-likeness (QED) is 0.534. The highest BCUT2D eigenvalue weighted by Crippen LogP contribution is 2.29. The first-order chi connectivity index (χ1) is 16.2. The highest BCUT2D eigenvalue weighted by atomic mass is 32.2. The number of anilines is 1. The molecule has 34 heavy (non-hydrogen) atoms. The van der Waals surface area contributed by atoms with Gasteiger partial charge >= 0.3 is 6.18 Å². The van der Waals surface area contributed by atoms with Crippen LogP contribution in [0.2, 0.25) is 0 Å². The molecule has 0 aliphatic carbocycles. The third-order valence-electron chi connectivity index (χ3n) is 5.66. The van der Waals surface area contributed by atoms with Gasteiger partial charge in [0, 0.05) is 43.0 Å². The molecule has 1 saturated heterocycles. The zero-order valence-corrected chi connectivity index (χ0v) is 19.8. The molecule has 0 unspecified atom stereocenters. The third kappa shape index (κ3) is 5.38. The Morgan fingerprint density at radius 1 is 1.09 bits per heavy atom. The number of nitrogens with zero attached hydrogens (tertiary/aromatic N) is 4. The SMILES string of the molecule is CC(C)c1c(C(=O)NCc2ccc(N3CCSCC3)cc2)cnn1-c1ccc(C(F)(F)F)cn1. The van der Waals surface area contributed by atoms with Crippen LogP contribution in [0.1, 0.15) is 46.9 Å². The van der Waals surface area contributed by atoms with Gasteiger partial charge in [-0.2, -0.15) is 30.0 Å². The van der Waals surface area contributed by atoms with Gasteiger partial charge in [-0.1, -0.05) is 26.0 Å². The normalized spacial score (nSPS) is 14.5. The molecule has 1 N–H and O–H groups in total. The van der Waals surface area contributed by atoms with Gasteiger partial charge in [-0.15, -0.1) is 0 Å². The van der Waals surface area contributed by atoms with E-state index in [0.29, 0.717) is 17.8 Å². The van der Waals surface area contributed by atoms with E-state index in [-0.39, 0.29) is 17.6 Å². The van der Waals surface area contributed by atoms with Crippen LogP contribution in [0.15, 0.2) is 48.8 Å². The molecule has 4 rings (SSSR count). The topological polar surface area (TPSA) is 63.1 Å². The van der Waals surface area contributed by atoms with E-state index >= 15 is 0 Å². The monoisotopic (exact) mass is 489 g/mol. The molecule has 3 heterocycles. The van der Waals surface area contributed by atoms with E-state index in [4.69, 9.17) is 0 Å². The van der Waals surface area contributed by atoms with E-state index in [1.54, 1.807) is 0 Å². The number of aromatic nitrogens is 3. The lowest BCUT2D eigenvalue weighted by Crippen LogP contribution is -2.32. The summed E-state index contributed by atoms with van der Waals surface area (Å²) in [7, 11) is 0. The van der Waals surface area contributed by atoms with Crippen molar-refractivity contribution in [2.45, 2.75) is 32.5 Å². The van der Waals surface area contributed by atoms with E-state index in [9.17, 15) is 18.0 Å². The number of rotatable bonds is 6. The van der Waals surface area contributed by atoms with Gasteiger partial charge in [0.1, 0.15) is 0 Å². The number of pyridine rings is 1. The fourth-order valence-corrected chi connectivity index (χ4v) is 4.78. The fourth-order valence-electron chi connectivity index (χ4n) is 3.87. The van der Waals surface area contributed by atoms with Crippen LogP contribution in [0.25, 0.3) is 5.82 Å². The van der Waals surface area contributed by atoms with Gasteiger partial charge < -0.3 is 10.2 Å². The smallest absolute Gasteiger partial charge is 0.370 e. The second-order valence-electron chi connectivity index (χ2n) is 8.36. The molecule has 6 nitrogen and oxygen atoms in total. The Hall–Kier alpha value is -3.01. The summed E-state index contributed by atoms with van der Waals surface area (Å²) >= 11 is 1.97. The summed E-state index contributed by atoms with van der Waals surface area (Å²) in [6, 6.07) is 10.4. The number of hydrogen-bond acceptors (Lipinski definition) is 5. The second-order valence-corrected chi connectivity index (χ2v) is 9.59. The number of benzene rings is 1. The predicted molar refractivity (Wildman–Crippen MR) is 128 cm³/mol. The van der Waals surface area contributed by atoms with Crippen LogP contribution in [0.4, 0.5) is 18.9 Å². The zero-order valence-electron chi connectivity index (χ0n) is 19.0. The third-order valence-corrected chi connectivity index (χ3v) is 6.60. The molecule has 10 heteroatoms. The second kappa shape index (κ2) is 10.1. The van der Waals surface area contributed by atoms with Crippen molar-refractivity contribution in [3.63, 3.8) is 0 Å². The van der Waals surface area contributed by atoms with Gasteiger partial charge in [0.2, 0.25) is 0 Å². The summed E-state index contributed by atoms with van der Waals surface area (Å²) in [5.74, 6) is 2.09. The molecule has 1 aromatic carbocycles. The molecule has 1 fully saturated rings. The minimum absolute atomic E-state index is 0.102. The van der Waals surface area contributed by atoms with E-state index in [1.807, 2.05) is 37.7 Å². The van der Waals surface area contributed by atoms with Crippen LogP contribution in [0.3, 0.4) is 0 Å². The minimum atomic E-state index is -4.47. The maximum Gasteiger partial charge on any atom is 0.417 e. The van der Waals surface area contributed by atoms with Gasteiger partial charge in [-0.25, -0.2) is 9.67 Å². The fraction of sp³-hybridized carbons (Fsp3) is 0.375. The Morgan fingerprint density at radius 3 is 2.38 bits per heavy atom. The first kappa shape index (κ1) is 24.1. The van der Waals surface area contributed by atoms with Crippen LogP contribution in [-0.2, 0) is 12.7 Å². The average Bonchev–Trinajstić information content (AvgIpc) is 3.29. The lowest BCUT2D eigenvalue weighted by Gasteiger charge is -2.28. The molecule has 1 amide bonds. The maximum atomic E-state index is 12.9. The lowest BCUT2D eigenvalue weighted by atomic mass is 10.1. The van der Waals surface area contributed by atoms with Gasteiger partial charge in [0.25, 0.3) is 5.91 Å². The van der Waals surface area contributed by atoms with E-state index in [0.717, 1.165) is 42.4 Å². The molecular weight excluding hydrogens is 463 g/mol. The number of halogens is 3. The molecule has 0 bridgehead atoms. The molecular formula is C24H26F3N5OS. The predicted octanol–water partition coefficient (Wildman–Crippen LogP) is 4.89. The number of hydrogen-bond donors (Lipinski definition) is 1. The Kier molecular flexibility index (Phi) is 7.16. The molecule has 1 aliphatic rings. The first-order valence-corrected chi connectivity index (χ1v) is 12.2. The molecule has 0 radical (unpaired) electrons. The Labute approximate surface area is 200 Å². The molecule has 1 aliphatic heterocycles. The van der Waals surface area contributed by atoms with Gasteiger partial charge in [-0.3, -0.25) is 4.79 Å². The molecule has 0 spiro atoms. The largest absolute Gasteiger partial charge is 0.417 e. The van der Waals surface area contributed by atoms with Crippen molar-refractivity contribution < 1.29 is 18.0 Å². The van der Waals surface area contributed by atoms with Gasteiger partial charge in [-0.05, 0) is 35.7 Å². The van der Waals surface area contributed by atoms with Crippen LogP contribution in [-0.4, -0.2) is 45.3 Å². The van der Waals surface area contributed by atoms with Crippen molar-refractivity contribution in [3.8, 4) is 5.82 Å². The number of alkyl halides is 3. The zero-order chi connectivity index (χ0) is 24.3. The Morgan fingerprint density at radius 2 is 1.79 bits per heavy atom. The molecule has 180 valence electrons. The highest BCUT2D eigenvalue weighted by molar-refractivity contribution is 7.99. The summed E-state index contributed by atoms with van der Waals surface area (Å²) < 4.78 is 40.0. The van der Waals surface area contributed by atoms with Crippen LogP contribution < -0.4 is 10.2 Å². The molecule has 2 aromatic heterocycles. The van der Waals surface area contributed by atoms with Crippen LogP contribution >= 0.6 is 11.8 Å². The maximum absolute atomic E-state index is 12.9. The number of thioether (sulfide) groups is 1. The Balaban J connectivity index is 1.46. The number of carbonyl (C=O) groups is 1. The molecule has 0 atom stereocenters. The standard InChI is InChI=1S/C24H26F3N5OS/c1-16(2)22-20(15-30-32(22)21-8-5-18(14-28-21)24(25,26)27)23(33)29-13-17-3-6-19(7-4-17)31-9-11-34-12-10-31/h3-8,14-16H,9-13H2,1-2H3,(H,29,33). The summed E-state index contributed by atoms with van der Waals surface area (Å²) in [6.07, 6.45) is -2.26. The van der Waals surface area contributed by atoms with Crippen molar-refractivity contribution in [2.75, 3.05) is 29.5 Å². The van der Waals surface area contributed by atoms with E-state index < -0.39 is 11.7 Å². The summed E-state index contributed by atoms with van der Waals surface area (Å²) in [4.78, 5) is 19.2. The average molecular weight is 490 g/mol. The van der Waals surface area contributed by atoms with Crippen molar-refractivity contribution >= 4 is 23.4 Å². The van der Waals surface area contributed by atoms with Crippen molar-refractivity contribution in [3.05, 3.63) is 71.2 Å². The number of carbonyl (C=O) groups excluding carboxylic acids is 1. The van der Waals surface area contributed by atoms with Crippen molar-refractivity contribution in [1.82, 2.24) is 20.1 Å². The summed E-state index contributed by atoms with van der Waals surface area (Å²) in [6.45, 7) is 6.22. The molecule has 3 aromatic rings. The highest BCUT2D eigenvalue weighted by Gasteiger charge is 2.31.